The van der Waals surface area contributed by atoms with Crippen LogP contribution in [0.3, 0.4) is 0 Å². The van der Waals surface area contributed by atoms with E-state index in [4.69, 9.17) is 0 Å². The molecule has 0 unspecified atom stereocenters. The molecular formula is C24H20N4O2S3. The number of nitrogens with zero attached hydrogens (tertiary/aromatic N) is 3. The Labute approximate surface area is 201 Å². The molecule has 4 aromatic rings. The smallest absolute Gasteiger partial charge is 0.255 e. The predicted molar refractivity (Wildman–Crippen MR) is 134 cm³/mol. The van der Waals surface area contributed by atoms with Crippen LogP contribution < -0.4 is 4.72 Å². The largest absolute Gasteiger partial charge is 0.263 e. The van der Waals surface area contributed by atoms with Crippen LogP contribution in [0.15, 0.2) is 70.4 Å². The Balaban J connectivity index is 1.49. The number of hydrogen-bond acceptors (Lipinski definition) is 7. The molecular weight excluding hydrogens is 472 g/mol. The van der Waals surface area contributed by atoms with Crippen molar-refractivity contribution in [2.75, 3.05) is 4.72 Å². The number of rotatable bonds is 7. The molecule has 2 heterocycles. The van der Waals surface area contributed by atoms with E-state index in [9.17, 15) is 13.7 Å². The third-order valence-corrected chi connectivity index (χ3v) is 7.99. The number of nitrogens with one attached hydrogen (secondary N) is 1. The summed E-state index contributed by atoms with van der Waals surface area (Å²) in [5.41, 5.74) is 5.65. The van der Waals surface area contributed by atoms with E-state index in [0.29, 0.717) is 22.1 Å². The molecule has 0 radical (unpaired) electrons. The number of anilines is 1. The van der Waals surface area contributed by atoms with E-state index in [1.807, 2.05) is 11.5 Å². The number of benzene rings is 2. The molecule has 33 heavy (non-hydrogen) atoms. The standard InChI is InChI=1S/C24H20N4O2S3/c1-16-3-10-21(17(2)13-16)22-15-32-23(27-22)19(14-25)7-4-18-5-8-20(9-6-18)33(29,30)28-24-26-11-12-31-24/h3,5-13,15H,4H2,1-2H3,(H,26,28)/b19-7-. The van der Waals surface area contributed by atoms with Crippen molar-refractivity contribution in [3.63, 3.8) is 0 Å². The second-order valence-corrected chi connectivity index (χ2v) is 10.8. The van der Waals surface area contributed by atoms with Gasteiger partial charge in [0.1, 0.15) is 11.1 Å². The molecule has 6 nitrogen and oxygen atoms in total. The van der Waals surface area contributed by atoms with Crippen LogP contribution >= 0.6 is 22.7 Å². The molecule has 0 aliphatic heterocycles. The summed E-state index contributed by atoms with van der Waals surface area (Å²) >= 11 is 2.65. The first-order valence-electron chi connectivity index (χ1n) is 10.0. The number of hydrogen-bond donors (Lipinski definition) is 1. The molecule has 4 rings (SSSR count). The zero-order chi connectivity index (χ0) is 23.4. The molecule has 9 heteroatoms. The van der Waals surface area contributed by atoms with Crippen LogP contribution in [0.25, 0.3) is 16.8 Å². The Morgan fingerprint density at radius 3 is 2.61 bits per heavy atom. The van der Waals surface area contributed by atoms with Gasteiger partial charge >= 0.3 is 0 Å². The van der Waals surface area contributed by atoms with Crippen molar-refractivity contribution in [2.45, 2.75) is 25.2 Å². The van der Waals surface area contributed by atoms with E-state index < -0.39 is 10.0 Å². The summed E-state index contributed by atoms with van der Waals surface area (Å²) < 4.78 is 27.4. The minimum Gasteiger partial charge on any atom is -0.255 e. The summed E-state index contributed by atoms with van der Waals surface area (Å²) in [7, 11) is -3.69. The maximum absolute atomic E-state index is 12.5. The van der Waals surface area contributed by atoms with E-state index in [0.717, 1.165) is 22.4 Å². The lowest BCUT2D eigenvalue weighted by Gasteiger charge is -2.06. The fraction of sp³-hybridized carbons (Fsp3) is 0.125. The zero-order valence-electron chi connectivity index (χ0n) is 17.9. The molecule has 0 saturated carbocycles. The Morgan fingerprint density at radius 1 is 1.15 bits per heavy atom. The van der Waals surface area contributed by atoms with Gasteiger partial charge in [-0.2, -0.15) is 5.26 Å². The van der Waals surface area contributed by atoms with Gasteiger partial charge in [0.25, 0.3) is 10.0 Å². The summed E-state index contributed by atoms with van der Waals surface area (Å²) in [6.45, 7) is 4.11. The fourth-order valence-corrected chi connectivity index (χ4v) is 5.87. The first-order valence-corrected chi connectivity index (χ1v) is 13.2. The lowest BCUT2D eigenvalue weighted by Crippen LogP contribution is -2.12. The third-order valence-electron chi connectivity index (χ3n) is 4.94. The van der Waals surface area contributed by atoms with Gasteiger partial charge < -0.3 is 0 Å². The van der Waals surface area contributed by atoms with Crippen LogP contribution in [0.1, 0.15) is 21.7 Å². The maximum Gasteiger partial charge on any atom is 0.263 e. The van der Waals surface area contributed by atoms with E-state index >= 15 is 0 Å². The Hall–Kier alpha value is -3.32. The van der Waals surface area contributed by atoms with E-state index in [2.05, 4.69) is 52.8 Å². The van der Waals surface area contributed by atoms with Crippen molar-refractivity contribution in [3.8, 4) is 17.3 Å². The molecule has 0 amide bonds. The molecule has 0 spiro atoms. The summed E-state index contributed by atoms with van der Waals surface area (Å²) in [5, 5.41) is 14.3. The van der Waals surface area contributed by atoms with Gasteiger partial charge in [0, 0.05) is 22.5 Å². The first kappa shape index (κ1) is 22.9. The highest BCUT2D eigenvalue weighted by atomic mass is 32.2. The van der Waals surface area contributed by atoms with Crippen molar-refractivity contribution >= 4 is 43.4 Å². The molecule has 2 aromatic carbocycles. The predicted octanol–water partition coefficient (Wildman–Crippen LogP) is 5.83. The van der Waals surface area contributed by atoms with Gasteiger partial charge in [0.15, 0.2) is 5.13 Å². The van der Waals surface area contributed by atoms with E-state index in [1.165, 1.54) is 34.4 Å². The van der Waals surface area contributed by atoms with Gasteiger partial charge in [-0.05, 0) is 43.5 Å². The average Bonchev–Trinajstić information content (AvgIpc) is 3.47. The maximum atomic E-state index is 12.5. The summed E-state index contributed by atoms with van der Waals surface area (Å²) in [6, 6.07) is 15.0. The summed E-state index contributed by atoms with van der Waals surface area (Å²) in [6.07, 6.45) is 3.85. The van der Waals surface area contributed by atoms with Gasteiger partial charge in [0.2, 0.25) is 0 Å². The molecule has 0 saturated heterocycles. The Kier molecular flexibility index (Phi) is 6.70. The van der Waals surface area contributed by atoms with Gasteiger partial charge in [-0.15, -0.1) is 22.7 Å². The highest BCUT2D eigenvalue weighted by Gasteiger charge is 2.15. The molecule has 0 bridgehead atoms. The number of aromatic nitrogens is 2. The second kappa shape index (κ2) is 9.67. The van der Waals surface area contributed by atoms with Crippen LogP contribution in [0.2, 0.25) is 0 Å². The Bertz CT molecular complexity index is 1450. The average molecular weight is 493 g/mol. The normalized spacial score (nSPS) is 11.8. The molecule has 0 fully saturated rings. The highest BCUT2D eigenvalue weighted by Crippen LogP contribution is 2.29. The lowest BCUT2D eigenvalue weighted by molar-refractivity contribution is 0.601. The van der Waals surface area contributed by atoms with Gasteiger partial charge in [-0.1, -0.05) is 42.0 Å². The van der Waals surface area contributed by atoms with Gasteiger partial charge in [0.05, 0.1) is 16.2 Å². The topological polar surface area (TPSA) is 95.7 Å². The van der Waals surface area contributed by atoms with Crippen LogP contribution in [-0.2, 0) is 16.4 Å². The van der Waals surface area contributed by atoms with Crippen LogP contribution in [0, 0.1) is 25.2 Å². The molecule has 1 N–H and O–H groups in total. The monoisotopic (exact) mass is 492 g/mol. The molecule has 0 atom stereocenters. The van der Waals surface area contributed by atoms with Crippen molar-refractivity contribution in [2.24, 2.45) is 0 Å². The zero-order valence-corrected chi connectivity index (χ0v) is 20.4. The van der Waals surface area contributed by atoms with Crippen molar-refractivity contribution in [1.29, 1.82) is 5.26 Å². The quantitative estimate of drug-likeness (QED) is 0.327. The minimum atomic E-state index is -3.69. The van der Waals surface area contributed by atoms with Crippen LogP contribution in [-0.4, -0.2) is 18.4 Å². The molecule has 166 valence electrons. The number of thiazole rings is 2. The number of sulfonamides is 1. The summed E-state index contributed by atoms with van der Waals surface area (Å²) in [5.74, 6) is 0. The SMILES string of the molecule is Cc1ccc(-c2csc(/C(C#N)=C\Cc3ccc(S(=O)(=O)Nc4nccs4)cc3)n2)c(C)c1. The van der Waals surface area contributed by atoms with Crippen molar-refractivity contribution in [3.05, 3.63) is 87.2 Å². The van der Waals surface area contributed by atoms with Crippen LogP contribution in [0.5, 0.6) is 0 Å². The lowest BCUT2D eigenvalue weighted by atomic mass is 10.0. The fourth-order valence-electron chi connectivity index (χ4n) is 3.28. The third kappa shape index (κ3) is 5.37. The van der Waals surface area contributed by atoms with Crippen molar-refractivity contribution in [1.82, 2.24) is 9.97 Å². The van der Waals surface area contributed by atoms with E-state index in [1.54, 1.807) is 29.6 Å². The van der Waals surface area contributed by atoms with E-state index in [-0.39, 0.29) is 4.90 Å². The minimum absolute atomic E-state index is 0.156. The molecule has 0 aliphatic rings. The number of nitriles is 1. The van der Waals surface area contributed by atoms with Gasteiger partial charge in [-0.25, -0.2) is 18.4 Å². The molecule has 0 aliphatic carbocycles. The van der Waals surface area contributed by atoms with Crippen molar-refractivity contribution < 1.29 is 8.42 Å². The Morgan fingerprint density at radius 2 is 1.94 bits per heavy atom. The number of allylic oxidation sites excluding steroid dienone is 2. The molecule has 2 aromatic heterocycles. The van der Waals surface area contributed by atoms with Crippen LogP contribution in [0.4, 0.5) is 5.13 Å². The highest BCUT2D eigenvalue weighted by molar-refractivity contribution is 7.93. The summed E-state index contributed by atoms with van der Waals surface area (Å²) in [4.78, 5) is 8.77. The number of aryl methyl sites for hydroxylation is 2. The second-order valence-electron chi connectivity index (χ2n) is 7.38. The van der Waals surface area contributed by atoms with Gasteiger partial charge in [-0.3, -0.25) is 4.72 Å². The first-order chi connectivity index (χ1) is 15.9.